The Hall–Kier alpha value is -3.27. The molecule has 2 N–H and O–H groups in total. The van der Waals surface area contributed by atoms with E-state index < -0.39 is 30.1 Å². The van der Waals surface area contributed by atoms with Crippen molar-refractivity contribution in [1.82, 2.24) is 20.1 Å². The number of nitrogens with one attached hydrogen (secondary N) is 1. The number of hydrogen-bond acceptors (Lipinski definition) is 4. The molecule has 1 amide bonds. The van der Waals surface area contributed by atoms with E-state index in [0.717, 1.165) is 12.1 Å². The van der Waals surface area contributed by atoms with E-state index in [-0.39, 0.29) is 23.2 Å². The SMILES string of the molecule is CNC(=O)c1cn(-c2cccc(Cc3cc(F)cc(C(F)(F)F)c3)n2)nc1CO. The highest BCUT2D eigenvalue weighted by molar-refractivity contribution is 5.94. The number of carbonyl (C=O) groups excluding carboxylic acids is 1. The van der Waals surface area contributed by atoms with Crippen molar-refractivity contribution in [2.45, 2.75) is 19.2 Å². The molecule has 152 valence electrons. The molecule has 2 heterocycles. The van der Waals surface area contributed by atoms with Gasteiger partial charge in [-0.1, -0.05) is 6.07 Å². The average Bonchev–Trinajstić information content (AvgIpc) is 3.11. The lowest BCUT2D eigenvalue weighted by molar-refractivity contribution is -0.137. The standard InChI is InChI=1S/C19H16F4N4O2/c1-24-18(29)15-9-27(26-16(15)10-28)17-4-2-3-14(25-17)7-11-5-12(19(21,22)23)8-13(20)6-11/h2-6,8-9,28H,7,10H2,1H3,(H,24,29). The van der Waals surface area contributed by atoms with Crippen molar-refractivity contribution in [1.29, 1.82) is 0 Å². The van der Waals surface area contributed by atoms with Crippen LogP contribution in [0.1, 0.15) is 32.9 Å². The molecular weight excluding hydrogens is 392 g/mol. The summed E-state index contributed by atoms with van der Waals surface area (Å²) in [5.41, 5.74) is -0.259. The number of aromatic nitrogens is 3. The zero-order valence-electron chi connectivity index (χ0n) is 15.2. The van der Waals surface area contributed by atoms with Gasteiger partial charge in [-0.2, -0.15) is 18.3 Å². The molecule has 10 heteroatoms. The average molecular weight is 408 g/mol. The second-order valence-electron chi connectivity index (χ2n) is 6.18. The maximum Gasteiger partial charge on any atom is 0.416 e. The quantitative estimate of drug-likeness (QED) is 0.637. The van der Waals surface area contributed by atoms with Gasteiger partial charge in [-0.25, -0.2) is 14.1 Å². The van der Waals surface area contributed by atoms with Gasteiger partial charge in [-0.15, -0.1) is 0 Å². The molecular formula is C19H16F4N4O2. The summed E-state index contributed by atoms with van der Waals surface area (Å²) >= 11 is 0. The first-order chi connectivity index (χ1) is 13.7. The minimum atomic E-state index is -4.65. The van der Waals surface area contributed by atoms with E-state index >= 15 is 0 Å². The molecule has 0 atom stereocenters. The van der Waals surface area contributed by atoms with Crippen LogP contribution in [-0.2, 0) is 19.2 Å². The lowest BCUT2D eigenvalue weighted by Crippen LogP contribution is -2.18. The number of pyridine rings is 1. The number of amides is 1. The van der Waals surface area contributed by atoms with E-state index in [2.05, 4.69) is 15.4 Å². The Bertz CT molecular complexity index is 1050. The Balaban J connectivity index is 1.93. The zero-order chi connectivity index (χ0) is 21.2. The molecule has 0 aliphatic heterocycles. The molecule has 2 aromatic heterocycles. The van der Waals surface area contributed by atoms with Crippen molar-refractivity contribution >= 4 is 5.91 Å². The van der Waals surface area contributed by atoms with Crippen molar-refractivity contribution in [2.75, 3.05) is 7.05 Å². The van der Waals surface area contributed by atoms with Crippen molar-refractivity contribution in [2.24, 2.45) is 0 Å². The number of benzene rings is 1. The van der Waals surface area contributed by atoms with Crippen LogP contribution in [0.3, 0.4) is 0 Å². The summed E-state index contributed by atoms with van der Waals surface area (Å²) < 4.78 is 53.6. The molecule has 0 bridgehead atoms. The van der Waals surface area contributed by atoms with Crippen molar-refractivity contribution < 1.29 is 27.5 Å². The fraction of sp³-hybridized carbons (Fsp3) is 0.211. The number of rotatable bonds is 5. The van der Waals surface area contributed by atoms with Gasteiger partial charge >= 0.3 is 6.18 Å². The predicted molar refractivity (Wildman–Crippen MR) is 94.9 cm³/mol. The molecule has 0 saturated heterocycles. The van der Waals surface area contributed by atoms with Crippen LogP contribution in [0, 0.1) is 5.82 Å². The highest BCUT2D eigenvalue weighted by atomic mass is 19.4. The van der Waals surface area contributed by atoms with E-state index in [9.17, 15) is 27.5 Å². The Morgan fingerprint density at radius 1 is 1.24 bits per heavy atom. The molecule has 29 heavy (non-hydrogen) atoms. The maximum absolute atomic E-state index is 13.6. The largest absolute Gasteiger partial charge is 0.416 e. The molecule has 0 spiro atoms. The van der Waals surface area contributed by atoms with Crippen LogP contribution in [0.4, 0.5) is 17.6 Å². The normalized spacial score (nSPS) is 11.5. The number of nitrogens with zero attached hydrogens (tertiary/aromatic N) is 3. The topological polar surface area (TPSA) is 80.0 Å². The smallest absolute Gasteiger partial charge is 0.390 e. The van der Waals surface area contributed by atoms with Gasteiger partial charge in [0, 0.05) is 25.4 Å². The summed E-state index contributed by atoms with van der Waals surface area (Å²) in [7, 11) is 1.44. The van der Waals surface area contributed by atoms with Gasteiger partial charge in [0.25, 0.3) is 5.91 Å². The van der Waals surface area contributed by atoms with E-state index in [0.29, 0.717) is 17.6 Å². The minimum absolute atomic E-state index is 0.0366. The summed E-state index contributed by atoms with van der Waals surface area (Å²) in [5.74, 6) is -1.13. The van der Waals surface area contributed by atoms with E-state index in [1.165, 1.54) is 17.9 Å². The molecule has 0 aliphatic rings. The summed E-state index contributed by atoms with van der Waals surface area (Å²) in [4.78, 5) is 16.2. The van der Waals surface area contributed by atoms with Crippen LogP contribution < -0.4 is 5.32 Å². The first kappa shape index (κ1) is 20.5. The van der Waals surface area contributed by atoms with Gasteiger partial charge in [0.2, 0.25) is 0 Å². The number of alkyl halides is 3. The van der Waals surface area contributed by atoms with Gasteiger partial charge in [-0.05, 0) is 35.9 Å². The van der Waals surface area contributed by atoms with Crippen molar-refractivity contribution in [3.63, 3.8) is 0 Å². The summed E-state index contributed by atoms with van der Waals surface area (Å²) in [5, 5.41) is 15.9. The molecule has 0 saturated carbocycles. The van der Waals surface area contributed by atoms with Crippen LogP contribution in [0.2, 0.25) is 0 Å². The first-order valence-electron chi connectivity index (χ1n) is 8.45. The minimum Gasteiger partial charge on any atom is -0.390 e. The molecule has 6 nitrogen and oxygen atoms in total. The van der Waals surface area contributed by atoms with Crippen molar-refractivity contribution in [3.8, 4) is 5.82 Å². The molecule has 1 aromatic carbocycles. The van der Waals surface area contributed by atoms with E-state index in [1.54, 1.807) is 18.2 Å². The van der Waals surface area contributed by atoms with Gasteiger partial charge in [-0.3, -0.25) is 4.79 Å². The Morgan fingerprint density at radius 2 is 2.00 bits per heavy atom. The Labute approximate surface area is 162 Å². The van der Waals surface area contributed by atoms with Gasteiger partial charge in [0.15, 0.2) is 5.82 Å². The maximum atomic E-state index is 13.6. The monoisotopic (exact) mass is 408 g/mol. The number of aliphatic hydroxyl groups is 1. The summed E-state index contributed by atoms with van der Waals surface area (Å²) in [6.45, 7) is -0.459. The van der Waals surface area contributed by atoms with E-state index in [4.69, 9.17) is 0 Å². The second kappa shape index (κ2) is 8.00. The third-order valence-corrected chi connectivity index (χ3v) is 4.11. The number of hydrogen-bond donors (Lipinski definition) is 2. The van der Waals surface area contributed by atoms with E-state index in [1.807, 2.05) is 0 Å². The lowest BCUT2D eigenvalue weighted by atomic mass is 10.1. The third-order valence-electron chi connectivity index (χ3n) is 4.11. The fourth-order valence-corrected chi connectivity index (χ4v) is 2.79. The van der Waals surface area contributed by atoms with Crippen molar-refractivity contribution in [3.05, 3.63) is 76.5 Å². The van der Waals surface area contributed by atoms with Crippen LogP contribution in [0.15, 0.2) is 42.6 Å². The van der Waals surface area contributed by atoms with Gasteiger partial charge in [0.1, 0.15) is 11.5 Å². The highest BCUT2D eigenvalue weighted by Gasteiger charge is 2.31. The predicted octanol–water partition coefficient (Wildman–Crippen LogP) is 2.87. The molecule has 3 rings (SSSR count). The molecule has 0 unspecified atom stereocenters. The van der Waals surface area contributed by atoms with Gasteiger partial charge < -0.3 is 10.4 Å². The van der Waals surface area contributed by atoms with Crippen LogP contribution in [-0.4, -0.2) is 32.8 Å². The molecule has 3 aromatic rings. The molecule has 0 aliphatic carbocycles. The second-order valence-corrected chi connectivity index (χ2v) is 6.18. The van der Waals surface area contributed by atoms with Crippen LogP contribution in [0.5, 0.6) is 0 Å². The number of aliphatic hydroxyl groups excluding tert-OH is 1. The third kappa shape index (κ3) is 4.60. The van der Waals surface area contributed by atoms with Gasteiger partial charge in [0.05, 0.1) is 17.7 Å². The van der Waals surface area contributed by atoms with Crippen LogP contribution >= 0.6 is 0 Å². The fourth-order valence-electron chi connectivity index (χ4n) is 2.79. The number of halogens is 4. The van der Waals surface area contributed by atoms with Crippen LogP contribution in [0.25, 0.3) is 5.82 Å². The first-order valence-corrected chi connectivity index (χ1v) is 8.45. The zero-order valence-corrected chi connectivity index (χ0v) is 15.2. The Morgan fingerprint density at radius 3 is 2.66 bits per heavy atom. The summed E-state index contributed by atoms with van der Waals surface area (Å²) in [6, 6.07) is 7.11. The lowest BCUT2D eigenvalue weighted by Gasteiger charge is -2.10. The molecule has 0 fully saturated rings. The number of carbonyl (C=O) groups is 1. The highest BCUT2D eigenvalue weighted by Crippen LogP contribution is 2.30. The molecule has 0 radical (unpaired) electrons. The Kier molecular flexibility index (Phi) is 5.64. The summed E-state index contributed by atoms with van der Waals surface area (Å²) in [6.07, 6.45) is -3.30.